The summed E-state index contributed by atoms with van der Waals surface area (Å²) in [5.41, 5.74) is -2.31. The summed E-state index contributed by atoms with van der Waals surface area (Å²) in [6.45, 7) is 10.4. The van der Waals surface area contributed by atoms with E-state index in [0.29, 0.717) is 19.8 Å². The molecule has 3 fully saturated rings. The van der Waals surface area contributed by atoms with Gasteiger partial charge >= 0.3 is 29.8 Å². The van der Waals surface area contributed by atoms with Crippen LogP contribution in [0.15, 0.2) is 102 Å². The van der Waals surface area contributed by atoms with Gasteiger partial charge in [-0.3, -0.25) is 33.6 Å². The number of nitrogens with two attached hydrogens (primary N) is 1. The molecule has 1 heterocycles. The number of ketones is 1. The highest BCUT2D eigenvalue weighted by Gasteiger charge is 2.78. The fourth-order valence-corrected chi connectivity index (χ4v) is 11.5. The number of carbonyl (C=O) groups excluding carboxylic acids is 8. The average Bonchev–Trinajstić information content (AvgIpc) is 0.706. The summed E-state index contributed by atoms with van der Waals surface area (Å²) < 4.78 is 47.5. The molecule has 0 radical (unpaired) electrons. The Morgan fingerprint density at radius 1 is 0.780 bits per heavy atom. The zero-order valence-corrected chi connectivity index (χ0v) is 46.9. The number of fused-ring (bicyclic) bond motifs is 5. The van der Waals surface area contributed by atoms with Gasteiger partial charge in [0.25, 0.3) is 11.9 Å². The number of amides is 2. The van der Waals surface area contributed by atoms with Crippen LogP contribution in [0.5, 0.6) is 0 Å². The highest BCUT2D eigenvalue weighted by atomic mass is 16.6. The van der Waals surface area contributed by atoms with Crippen molar-refractivity contribution < 1.29 is 96.4 Å². The predicted octanol–water partition coefficient (Wildman–Crippen LogP) is 3.27. The number of ether oxygens (including phenoxy) is 8. The number of nitrogens with one attached hydrogen (secondary N) is 2. The monoisotopic (exact) mass is 1140 g/mol. The second-order valence-corrected chi connectivity index (χ2v) is 21.2. The first-order chi connectivity index (χ1) is 38.8. The van der Waals surface area contributed by atoms with Crippen molar-refractivity contribution >= 4 is 53.4 Å². The first-order valence-electron chi connectivity index (χ1n) is 26.9. The van der Waals surface area contributed by atoms with Gasteiger partial charge in [-0.1, -0.05) is 80.6 Å². The number of carboxylic acid groups (broad SMARTS) is 1. The molecule has 3 aromatic carbocycles. The van der Waals surface area contributed by atoms with Crippen LogP contribution in [0, 0.1) is 16.7 Å². The van der Waals surface area contributed by atoms with Gasteiger partial charge in [-0.15, -0.1) is 0 Å². The van der Waals surface area contributed by atoms with Crippen molar-refractivity contribution in [2.75, 3.05) is 46.1 Å². The van der Waals surface area contributed by atoms with Crippen LogP contribution in [0.2, 0.25) is 0 Å². The van der Waals surface area contributed by atoms with E-state index >= 15 is 9.59 Å². The van der Waals surface area contributed by atoms with Gasteiger partial charge in [0, 0.05) is 64.1 Å². The standard InChI is InChI=1S/C57H69N3O18.C2H4O2/c1-33-39(75-53(69)47(76-43(65)23-22-42(64)59-25-27-72-29-28-71-26-24-58)45(36-16-10-7-11-17-36)60-51(67)37-18-12-8-13-19-37)31-57(70)50(77-52(68)38-20-14-9-15-21-38)48-55(6,40(63)30-41-56(48,32-73-41)78-35(3)62)49(66)46(74-34(2)61)44(33)54(57,4)5;1-2(3)4/h7-21,39-41,45-48,50,63,70H,22-32,58H2,1-6H3,(H,59,64)(H,60,67);1H3,(H,3,4)/t39-,40-,41+,45-,46+,47+,48-,50-,55+,56-,57+;/m0./s1. The number of carboxylic acids is 1. The van der Waals surface area contributed by atoms with Crippen molar-refractivity contribution in [3.05, 3.63) is 119 Å². The molecule has 2 saturated carbocycles. The molecule has 2 amide bonds. The van der Waals surface area contributed by atoms with Gasteiger partial charge in [0.1, 0.15) is 30.0 Å². The van der Waals surface area contributed by atoms with Crippen molar-refractivity contribution in [2.45, 2.75) is 128 Å². The molecule has 7 N–H and O–H groups in total. The van der Waals surface area contributed by atoms with Crippen LogP contribution in [0.3, 0.4) is 0 Å². The summed E-state index contributed by atoms with van der Waals surface area (Å²) in [5, 5.41) is 39.1. The molecular weight excluding hydrogens is 1070 g/mol. The average molecular weight is 1140 g/mol. The lowest BCUT2D eigenvalue weighted by Crippen LogP contribution is -2.82. The number of hydrogen-bond acceptors (Lipinski definition) is 20. The maximum Gasteiger partial charge on any atom is 0.350 e. The number of Topliss-reactive ketones (excluding diaryl/α,β-unsaturated/α-hetero) is 1. The molecule has 1 saturated heterocycles. The van der Waals surface area contributed by atoms with Crippen LogP contribution in [-0.4, -0.2) is 163 Å². The van der Waals surface area contributed by atoms with Gasteiger partial charge in [0.15, 0.2) is 17.5 Å². The normalized spacial score (nSPS) is 26.5. The lowest BCUT2D eigenvalue weighted by atomic mass is 9.44. The summed E-state index contributed by atoms with van der Waals surface area (Å²) in [5.74, 6) is -9.66. The van der Waals surface area contributed by atoms with E-state index in [2.05, 4.69) is 10.6 Å². The molecule has 82 heavy (non-hydrogen) atoms. The first-order valence-corrected chi connectivity index (χ1v) is 26.9. The molecule has 3 aromatic rings. The largest absolute Gasteiger partial charge is 0.481 e. The molecular formula is C59H73N3O20. The molecule has 2 bridgehead atoms. The molecule has 7 rings (SSSR count). The summed E-state index contributed by atoms with van der Waals surface area (Å²) in [6, 6.07) is 22.4. The molecule has 4 aliphatic rings. The lowest BCUT2D eigenvalue weighted by Gasteiger charge is -2.67. The Bertz CT molecular complexity index is 2830. The van der Waals surface area contributed by atoms with E-state index in [0.717, 1.165) is 20.8 Å². The minimum atomic E-state index is -2.50. The second-order valence-electron chi connectivity index (χ2n) is 21.2. The third kappa shape index (κ3) is 14.1. The van der Waals surface area contributed by atoms with Crippen molar-refractivity contribution in [3.63, 3.8) is 0 Å². The number of benzene rings is 3. The summed E-state index contributed by atoms with van der Waals surface area (Å²) in [6.07, 6.45) is -12.0. The van der Waals surface area contributed by atoms with Crippen LogP contribution >= 0.6 is 0 Å². The number of rotatable bonds is 22. The molecule has 11 atom stereocenters. The second kappa shape index (κ2) is 27.6. The smallest absolute Gasteiger partial charge is 0.350 e. The maximum absolute atomic E-state index is 15.8. The highest BCUT2D eigenvalue weighted by Crippen LogP contribution is 2.64. The van der Waals surface area contributed by atoms with E-state index in [-0.39, 0.29) is 67.0 Å². The summed E-state index contributed by atoms with van der Waals surface area (Å²) in [4.78, 5) is 122. The molecule has 23 heteroatoms. The zero-order chi connectivity index (χ0) is 60.2. The Balaban J connectivity index is 0.00000261. The van der Waals surface area contributed by atoms with Crippen LogP contribution in [0.1, 0.15) is 106 Å². The molecule has 0 unspecified atom stereocenters. The van der Waals surface area contributed by atoms with Crippen molar-refractivity contribution in [2.24, 2.45) is 22.5 Å². The highest BCUT2D eigenvalue weighted by molar-refractivity contribution is 5.96. The Morgan fingerprint density at radius 3 is 1.93 bits per heavy atom. The van der Waals surface area contributed by atoms with Crippen molar-refractivity contribution in [1.29, 1.82) is 0 Å². The third-order valence-corrected chi connectivity index (χ3v) is 15.5. The third-order valence-electron chi connectivity index (χ3n) is 15.5. The van der Waals surface area contributed by atoms with Gasteiger partial charge in [-0.25, -0.2) is 9.59 Å². The number of aliphatic hydroxyl groups excluding tert-OH is 1. The Labute approximate surface area is 474 Å². The Kier molecular flexibility index (Phi) is 21.4. The number of aliphatic hydroxyl groups is 2. The number of aliphatic carboxylic acids is 1. The minimum absolute atomic E-state index is 0.0257. The van der Waals surface area contributed by atoms with Gasteiger partial charge in [0.05, 0.1) is 62.5 Å². The quantitative estimate of drug-likeness (QED) is 0.0364. The van der Waals surface area contributed by atoms with Gasteiger partial charge < -0.3 is 69.6 Å². The first kappa shape index (κ1) is 63.8. The Hall–Kier alpha value is -7.41. The van der Waals surface area contributed by atoms with E-state index in [4.69, 9.17) is 53.5 Å². The molecule has 3 aliphatic carbocycles. The van der Waals surface area contributed by atoms with Crippen LogP contribution in [0.4, 0.5) is 0 Å². The fourth-order valence-electron chi connectivity index (χ4n) is 11.5. The fraction of sp³-hybridized carbons (Fsp3) is 0.508. The maximum atomic E-state index is 15.8. The van der Waals surface area contributed by atoms with E-state index in [1.54, 1.807) is 66.7 Å². The predicted molar refractivity (Wildman–Crippen MR) is 288 cm³/mol. The zero-order valence-electron chi connectivity index (χ0n) is 46.9. The minimum Gasteiger partial charge on any atom is -0.481 e. The molecule has 23 nitrogen and oxygen atoms in total. The topological polar surface area (TPSA) is 338 Å². The van der Waals surface area contributed by atoms with Crippen LogP contribution in [-0.2, 0) is 71.5 Å². The SMILES string of the molecule is CC(=O)O.CC(=O)O[C@H]1C(=O)[C@@]2(C)[C@H]([C@H](OC(=O)c3ccccc3)[C@]3(O)C[C@H](OC(=O)[C@H](OC(=O)CCC(=O)NCCOCCOCCN)[C@@H](NC(=O)c4ccccc4)c4ccccc4)C(C)=C1C3(C)C)[C@]1(OC(C)=O)CO[C@@H]1C[C@@H]2O. The van der Waals surface area contributed by atoms with Gasteiger partial charge in [-0.2, -0.15) is 0 Å². The Morgan fingerprint density at radius 2 is 1.37 bits per heavy atom. The number of carbonyl (C=O) groups is 9. The molecule has 444 valence electrons. The van der Waals surface area contributed by atoms with E-state index in [1.165, 1.54) is 52.0 Å². The van der Waals surface area contributed by atoms with Gasteiger partial charge in [0.2, 0.25) is 12.0 Å². The van der Waals surface area contributed by atoms with Crippen LogP contribution < -0.4 is 16.4 Å². The van der Waals surface area contributed by atoms with Crippen molar-refractivity contribution in [1.82, 2.24) is 10.6 Å². The molecule has 0 aromatic heterocycles. The van der Waals surface area contributed by atoms with Crippen molar-refractivity contribution in [3.8, 4) is 0 Å². The van der Waals surface area contributed by atoms with E-state index in [9.17, 15) is 39.0 Å². The summed E-state index contributed by atoms with van der Waals surface area (Å²) >= 11 is 0. The lowest BCUT2D eigenvalue weighted by molar-refractivity contribution is -0.346. The van der Waals surface area contributed by atoms with E-state index < -0.39 is 137 Å². The van der Waals surface area contributed by atoms with Crippen LogP contribution in [0.25, 0.3) is 0 Å². The summed E-state index contributed by atoms with van der Waals surface area (Å²) in [7, 11) is 0. The number of hydrogen-bond donors (Lipinski definition) is 6. The molecule has 0 spiro atoms. The number of esters is 5. The molecule has 1 aliphatic heterocycles. The van der Waals surface area contributed by atoms with E-state index in [1.807, 2.05) is 0 Å². The van der Waals surface area contributed by atoms with Gasteiger partial charge in [-0.05, 0) is 54.8 Å².